The number of aliphatic hydroxyl groups is 2. The lowest BCUT2D eigenvalue weighted by Gasteiger charge is -2.29. The maximum atomic E-state index is 13.4. The molecule has 0 fully saturated rings. The van der Waals surface area contributed by atoms with E-state index in [1.54, 1.807) is 6.07 Å². The van der Waals surface area contributed by atoms with E-state index in [4.69, 9.17) is 21.6 Å². The van der Waals surface area contributed by atoms with Crippen LogP contribution in [0.3, 0.4) is 0 Å². The van der Waals surface area contributed by atoms with Crippen molar-refractivity contribution in [3.05, 3.63) is 29.3 Å². The Hall–Kier alpha value is -1.02. The molecule has 162 valence electrons. The number of hydrogen-bond acceptors (Lipinski definition) is 4. The zero-order valence-electron chi connectivity index (χ0n) is 16.3. The van der Waals surface area contributed by atoms with Gasteiger partial charge in [0.05, 0.1) is 24.3 Å². The average Bonchev–Trinajstić information content (AvgIpc) is 2.67. The predicted molar refractivity (Wildman–Crippen MR) is 105 cm³/mol. The molecule has 0 heterocycles. The van der Waals surface area contributed by atoms with Crippen molar-refractivity contribution in [3.63, 3.8) is 0 Å². The molecule has 0 radical (unpaired) electrons. The molecule has 0 aliphatic rings. The van der Waals surface area contributed by atoms with Crippen LogP contribution in [0.15, 0.2) is 18.2 Å². The standard InChI is InChI=1S/C20H31ClF3NO3/c1-2-3-4-5-6-13-28-18-8-7-16(14-17(18)20(22,23)24)9-10-19(15-27,25-21)11-12-26/h7-8,14,25-27H,2-6,9-13,15H2,1H3. The van der Waals surface area contributed by atoms with Crippen LogP contribution in [0.4, 0.5) is 13.2 Å². The first kappa shape index (κ1) is 25.0. The maximum absolute atomic E-state index is 13.4. The van der Waals surface area contributed by atoms with Gasteiger partial charge >= 0.3 is 6.18 Å². The molecule has 8 heteroatoms. The van der Waals surface area contributed by atoms with E-state index in [1.807, 2.05) is 0 Å². The summed E-state index contributed by atoms with van der Waals surface area (Å²) in [4.78, 5) is 2.46. The third-order valence-corrected chi connectivity index (χ3v) is 5.24. The Morgan fingerprint density at radius 1 is 1.07 bits per heavy atom. The predicted octanol–water partition coefficient (Wildman–Crippen LogP) is 4.84. The fourth-order valence-corrected chi connectivity index (χ4v) is 3.22. The van der Waals surface area contributed by atoms with E-state index in [0.717, 1.165) is 38.2 Å². The van der Waals surface area contributed by atoms with Crippen molar-refractivity contribution < 1.29 is 28.1 Å². The van der Waals surface area contributed by atoms with Crippen LogP contribution in [0.1, 0.15) is 63.0 Å². The van der Waals surface area contributed by atoms with Crippen molar-refractivity contribution in [2.24, 2.45) is 0 Å². The second kappa shape index (κ2) is 12.5. The first-order chi connectivity index (χ1) is 13.3. The van der Waals surface area contributed by atoms with E-state index >= 15 is 0 Å². The molecule has 3 N–H and O–H groups in total. The highest BCUT2D eigenvalue weighted by Crippen LogP contribution is 2.37. The van der Waals surface area contributed by atoms with Gasteiger partial charge in [-0.1, -0.05) is 38.7 Å². The lowest BCUT2D eigenvalue weighted by Crippen LogP contribution is -2.45. The first-order valence-corrected chi connectivity index (χ1v) is 10.1. The summed E-state index contributed by atoms with van der Waals surface area (Å²) in [6.45, 7) is 1.83. The summed E-state index contributed by atoms with van der Waals surface area (Å²) < 4.78 is 45.7. The number of rotatable bonds is 14. The van der Waals surface area contributed by atoms with E-state index in [0.29, 0.717) is 5.56 Å². The minimum absolute atomic E-state index is 0.161. The highest BCUT2D eigenvalue weighted by atomic mass is 35.5. The monoisotopic (exact) mass is 425 g/mol. The zero-order chi connectivity index (χ0) is 21.0. The number of ether oxygens (including phenoxy) is 1. The SMILES string of the molecule is CCCCCCCOc1ccc(CCC(CO)(CCO)NCl)cc1C(F)(F)F. The van der Waals surface area contributed by atoms with Crippen LogP contribution in [-0.2, 0) is 12.6 Å². The summed E-state index contributed by atoms with van der Waals surface area (Å²) in [6.07, 6.45) is 1.16. The van der Waals surface area contributed by atoms with Crippen LogP contribution in [0.2, 0.25) is 0 Å². The normalized spacial score (nSPS) is 14.1. The molecule has 4 nitrogen and oxygen atoms in total. The van der Waals surface area contributed by atoms with Crippen molar-refractivity contribution in [2.45, 2.75) is 70.0 Å². The molecule has 0 aliphatic carbocycles. The summed E-state index contributed by atoms with van der Waals surface area (Å²) in [7, 11) is 0. The molecule has 0 bridgehead atoms. The quantitative estimate of drug-likeness (QED) is 0.295. The van der Waals surface area contributed by atoms with Gasteiger partial charge in [-0.05, 0) is 55.2 Å². The summed E-state index contributed by atoms with van der Waals surface area (Å²) >= 11 is 5.68. The molecule has 0 aromatic heterocycles. The van der Waals surface area contributed by atoms with Crippen molar-refractivity contribution in [1.29, 1.82) is 0 Å². The Morgan fingerprint density at radius 3 is 2.36 bits per heavy atom. The van der Waals surface area contributed by atoms with Gasteiger partial charge in [0.2, 0.25) is 0 Å². The maximum Gasteiger partial charge on any atom is 0.419 e. The number of hydrogen-bond donors (Lipinski definition) is 3. The highest BCUT2D eigenvalue weighted by Gasteiger charge is 2.35. The molecule has 1 atom stereocenters. The van der Waals surface area contributed by atoms with Gasteiger partial charge in [0.15, 0.2) is 0 Å². The molecule has 0 saturated carbocycles. The molecule has 1 aromatic rings. The Labute approximate surface area is 170 Å². The van der Waals surface area contributed by atoms with Crippen LogP contribution in [0.25, 0.3) is 0 Å². The topological polar surface area (TPSA) is 61.7 Å². The minimum atomic E-state index is -4.52. The van der Waals surface area contributed by atoms with Crippen molar-refractivity contribution >= 4 is 11.8 Å². The van der Waals surface area contributed by atoms with Crippen molar-refractivity contribution in [3.8, 4) is 5.75 Å². The van der Waals surface area contributed by atoms with Gasteiger partial charge in [0.1, 0.15) is 5.75 Å². The van der Waals surface area contributed by atoms with E-state index in [-0.39, 0.29) is 44.8 Å². The van der Waals surface area contributed by atoms with Gasteiger partial charge < -0.3 is 14.9 Å². The second-order valence-corrected chi connectivity index (χ2v) is 7.29. The summed E-state index contributed by atoms with van der Waals surface area (Å²) in [5, 5.41) is 18.7. The van der Waals surface area contributed by atoms with E-state index in [2.05, 4.69) is 11.8 Å². The number of aliphatic hydroxyl groups excluding tert-OH is 2. The molecule has 0 aliphatic heterocycles. The van der Waals surface area contributed by atoms with Crippen LogP contribution in [0.5, 0.6) is 5.75 Å². The first-order valence-electron chi connectivity index (χ1n) is 9.74. The zero-order valence-corrected chi connectivity index (χ0v) is 17.1. The largest absolute Gasteiger partial charge is 0.493 e. The van der Waals surface area contributed by atoms with E-state index in [9.17, 15) is 18.3 Å². The molecule has 0 spiro atoms. The molecule has 1 rings (SSSR count). The Morgan fingerprint density at radius 2 is 1.79 bits per heavy atom. The summed E-state index contributed by atoms with van der Waals surface area (Å²) in [5.74, 6) is -0.161. The van der Waals surface area contributed by atoms with Crippen LogP contribution >= 0.6 is 11.8 Å². The van der Waals surface area contributed by atoms with Crippen LogP contribution < -0.4 is 9.57 Å². The van der Waals surface area contributed by atoms with Crippen molar-refractivity contribution in [1.82, 2.24) is 4.84 Å². The lowest BCUT2D eigenvalue weighted by molar-refractivity contribution is -0.139. The van der Waals surface area contributed by atoms with Crippen molar-refractivity contribution in [2.75, 3.05) is 19.8 Å². The third kappa shape index (κ3) is 8.15. The van der Waals surface area contributed by atoms with Gasteiger partial charge in [-0.2, -0.15) is 13.2 Å². The molecule has 0 amide bonds. The van der Waals surface area contributed by atoms with Gasteiger partial charge in [-0.3, -0.25) is 0 Å². The Bertz CT molecular complexity index is 566. The van der Waals surface area contributed by atoms with E-state index < -0.39 is 17.3 Å². The fraction of sp³-hybridized carbons (Fsp3) is 0.700. The smallest absolute Gasteiger partial charge is 0.419 e. The highest BCUT2D eigenvalue weighted by molar-refractivity contribution is 6.13. The molecular formula is C20H31ClF3NO3. The number of alkyl halides is 3. The number of nitrogens with one attached hydrogen (secondary N) is 1. The number of aryl methyl sites for hydroxylation is 1. The van der Waals surface area contributed by atoms with Gasteiger partial charge in [-0.25, -0.2) is 4.84 Å². The third-order valence-electron chi connectivity index (χ3n) is 4.84. The number of halogens is 4. The number of unbranched alkanes of at least 4 members (excludes halogenated alkanes) is 4. The average molecular weight is 426 g/mol. The molecule has 1 aromatic carbocycles. The molecule has 1 unspecified atom stereocenters. The Balaban J connectivity index is 2.80. The van der Waals surface area contributed by atoms with Crippen LogP contribution in [-0.4, -0.2) is 35.6 Å². The van der Waals surface area contributed by atoms with Gasteiger partial charge in [0.25, 0.3) is 0 Å². The Kier molecular flexibility index (Phi) is 11.2. The molecule has 28 heavy (non-hydrogen) atoms. The van der Waals surface area contributed by atoms with Gasteiger partial charge in [0, 0.05) is 6.61 Å². The second-order valence-electron chi connectivity index (χ2n) is 7.10. The van der Waals surface area contributed by atoms with Crippen LogP contribution in [0, 0.1) is 0 Å². The fourth-order valence-electron chi connectivity index (χ4n) is 2.97. The van der Waals surface area contributed by atoms with E-state index in [1.165, 1.54) is 6.07 Å². The summed E-state index contributed by atoms with van der Waals surface area (Å²) in [5.41, 5.74) is -1.28. The molecular weight excluding hydrogens is 395 g/mol. The minimum Gasteiger partial charge on any atom is -0.493 e. The molecule has 0 saturated heterocycles. The lowest BCUT2D eigenvalue weighted by atomic mass is 9.89. The van der Waals surface area contributed by atoms with Gasteiger partial charge in [-0.15, -0.1) is 0 Å². The summed E-state index contributed by atoms with van der Waals surface area (Å²) in [6, 6.07) is 4.03. The number of benzene rings is 1.